The van der Waals surface area contributed by atoms with Crippen LogP contribution in [-0.2, 0) is 6.18 Å². The molecule has 3 heterocycles. The lowest BCUT2D eigenvalue weighted by molar-refractivity contribution is -0.140. The third-order valence-electron chi connectivity index (χ3n) is 6.34. The van der Waals surface area contributed by atoms with E-state index in [2.05, 4.69) is 15.3 Å². The number of benzene rings is 2. The Hall–Kier alpha value is -3.50. The maximum absolute atomic E-state index is 14.7. The van der Waals surface area contributed by atoms with Gasteiger partial charge >= 0.3 is 6.18 Å². The molecule has 0 saturated carbocycles. The molecule has 0 aliphatic carbocycles. The Kier molecular flexibility index (Phi) is 5.52. The minimum Gasteiger partial charge on any atom is -0.371 e. The van der Waals surface area contributed by atoms with Gasteiger partial charge in [0.1, 0.15) is 11.6 Å². The SMILES string of the molecule is C[C@@H](Nc1nc2nccn2c2ccc(N3CCC(F)(F)CC3)cc12)c1cccc(C(F)(F)F)c1F. The molecule has 5 nitrogen and oxygen atoms in total. The van der Waals surface area contributed by atoms with E-state index in [1.54, 1.807) is 29.8 Å². The van der Waals surface area contributed by atoms with E-state index in [1.165, 1.54) is 6.07 Å². The maximum Gasteiger partial charge on any atom is 0.419 e. The molecule has 4 aromatic rings. The van der Waals surface area contributed by atoms with E-state index in [0.717, 1.165) is 11.8 Å². The summed E-state index contributed by atoms with van der Waals surface area (Å²) in [5.74, 6) is -3.38. The zero-order chi connectivity index (χ0) is 25.0. The monoisotopic (exact) mass is 493 g/mol. The van der Waals surface area contributed by atoms with E-state index >= 15 is 0 Å². The van der Waals surface area contributed by atoms with Crippen LogP contribution < -0.4 is 10.2 Å². The number of halogens is 6. The first kappa shape index (κ1) is 23.3. The van der Waals surface area contributed by atoms with Crippen LogP contribution in [-0.4, -0.2) is 33.4 Å². The highest BCUT2D eigenvalue weighted by Gasteiger charge is 2.36. The second-order valence-corrected chi connectivity index (χ2v) is 8.67. The Balaban J connectivity index is 1.55. The minimum atomic E-state index is -4.82. The van der Waals surface area contributed by atoms with Gasteiger partial charge in [0.15, 0.2) is 0 Å². The van der Waals surface area contributed by atoms with Crippen molar-refractivity contribution in [1.29, 1.82) is 0 Å². The third-order valence-corrected chi connectivity index (χ3v) is 6.34. The van der Waals surface area contributed by atoms with Gasteiger partial charge < -0.3 is 10.2 Å². The summed E-state index contributed by atoms with van der Waals surface area (Å²) in [5, 5.41) is 3.64. The van der Waals surface area contributed by atoms with Crippen molar-refractivity contribution in [3.8, 4) is 0 Å². The zero-order valence-electron chi connectivity index (χ0n) is 18.6. The first-order valence-electron chi connectivity index (χ1n) is 11.1. The van der Waals surface area contributed by atoms with Crippen LogP contribution >= 0.6 is 0 Å². The Labute approximate surface area is 196 Å². The number of hydrogen-bond donors (Lipinski definition) is 1. The Morgan fingerprint density at radius 3 is 2.54 bits per heavy atom. The minimum absolute atomic E-state index is 0.160. The third kappa shape index (κ3) is 4.35. The largest absolute Gasteiger partial charge is 0.419 e. The molecule has 1 aliphatic rings. The highest BCUT2D eigenvalue weighted by Crippen LogP contribution is 2.36. The number of rotatable bonds is 4. The van der Waals surface area contributed by atoms with Crippen LogP contribution in [0.3, 0.4) is 0 Å². The van der Waals surface area contributed by atoms with Crippen LogP contribution in [0.15, 0.2) is 48.8 Å². The normalized spacial score (nSPS) is 17.2. The first-order chi connectivity index (χ1) is 16.5. The summed E-state index contributed by atoms with van der Waals surface area (Å²) in [5.41, 5.74) is -0.0743. The lowest BCUT2D eigenvalue weighted by Crippen LogP contribution is -2.39. The van der Waals surface area contributed by atoms with Gasteiger partial charge in [0.25, 0.3) is 5.92 Å². The number of fused-ring (bicyclic) bond motifs is 3. The molecule has 0 bridgehead atoms. The van der Waals surface area contributed by atoms with Crippen molar-refractivity contribution < 1.29 is 26.3 Å². The fourth-order valence-electron chi connectivity index (χ4n) is 4.44. The van der Waals surface area contributed by atoms with Crippen LogP contribution in [0.2, 0.25) is 0 Å². The van der Waals surface area contributed by atoms with E-state index in [1.807, 2.05) is 17.0 Å². The Morgan fingerprint density at radius 1 is 1.09 bits per heavy atom. The van der Waals surface area contributed by atoms with Gasteiger partial charge in [-0.2, -0.15) is 18.2 Å². The fraction of sp³-hybridized carbons (Fsp3) is 0.333. The van der Waals surface area contributed by atoms with E-state index < -0.39 is 29.5 Å². The molecule has 1 fully saturated rings. The predicted octanol–water partition coefficient (Wildman–Crippen LogP) is 6.45. The summed E-state index contributed by atoms with van der Waals surface area (Å²) in [6.07, 6.45) is -2.05. The van der Waals surface area contributed by atoms with Gasteiger partial charge in [0.2, 0.25) is 5.78 Å². The number of imidazole rings is 1. The van der Waals surface area contributed by atoms with Crippen molar-refractivity contribution in [3.05, 3.63) is 65.7 Å². The van der Waals surface area contributed by atoms with Crippen molar-refractivity contribution in [2.75, 3.05) is 23.3 Å². The average molecular weight is 493 g/mol. The molecule has 5 rings (SSSR count). The molecule has 0 radical (unpaired) electrons. The molecule has 184 valence electrons. The molecule has 11 heteroatoms. The second-order valence-electron chi connectivity index (χ2n) is 8.67. The maximum atomic E-state index is 14.7. The molecule has 1 N–H and O–H groups in total. The fourth-order valence-corrected chi connectivity index (χ4v) is 4.44. The van der Waals surface area contributed by atoms with Gasteiger partial charge in [-0.15, -0.1) is 0 Å². The number of hydrogen-bond acceptors (Lipinski definition) is 4. The standard InChI is InChI=1S/C24H21F6N5/c1-14(16-3-2-4-18(20(16)25)24(28,29)30)32-21-17-13-15(34-10-7-23(26,27)8-11-34)5-6-19(17)35-12-9-31-22(35)33-21/h2-6,9,12-14H,7-8,10-11H2,1H3,(H,31,32,33)/t14-/m1/s1. The van der Waals surface area contributed by atoms with Crippen LogP contribution in [0.25, 0.3) is 16.7 Å². The van der Waals surface area contributed by atoms with Gasteiger partial charge in [-0.3, -0.25) is 4.40 Å². The van der Waals surface area contributed by atoms with Crippen molar-refractivity contribution in [3.63, 3.8) is 0 Å². The quantitative estimate of drug-likeness (QED) is 0.332. The lowest BCUT2D eigenvalue weighted by Gasteiger charge is -2.33. The van der Waals surface area contributed by atoms with Crippen LogP contribution in [0, 0.1) is 5.82 Å². The first-order valence-corrected chi connectivity index (χ1v) is 11.1. The van der Waals surface area contributed by atoms with E-state index in [0.29, 0.717) is 28.6 Å². The van der Waals surface area contributed by atoms with Gasteiger partial charge in [-0.05, 0) is 31.2 Å². The molecule has 35 heavy (non-hydrogen) atoms. The second kappa shape index (κ2) is 8.31. The van der Waals surface area contributed by atoms with E-state index in [4.69, 9.17) is 0 Å². The predicted molar refractivity (Wildman–Crippen MR) is 120 cm³/mol. The molecule has 2 aromatic carbocycles. The van der Waals surface area contributed by atoms with Gasteiger partial charge in [-0.25, -0.2) is 18.2 Å². The number of anilines is 2. The Morgan fingerprint density at radius 2 is 1.83 bits per heavy atom. The molecule has 0 unspecified atom stereocenters. The number of piperidine rings is 1. The molecular weight excluding hydrogens is 472 g/mol. The zero-order valence-corrected chi connectivity index (χ0v) is 18.6. The molecular formula is C24H21F6N5. The summed E-state index contributed by atoms with van der Waals surface area (Å²) in [6.45, 7) is 1.92. The molecule has 1 aliphatic heterocycles. The number of nitrogens with one attached hydrogen (secondary N) is 1. The van der Waals surface area contributed by atoms with Gasteiger partial charge in [0, 0.05) is 55.0 Å². The molecule has 2 aromatic heterocycles. The van der Waals surface area contributed by atoms with E-state index in [-0.39, 0.29) is 31.5 Å². The molecule has 0 spiro atoms. The summed E-state index contributed by atoms with van der Waals surface area (Å²) in [7, 11) is 0. The molecule has 0 amide bonds. The van der Waals surface area contributed by atoms with Crippen molar-refractivity contribution >= 4 is 28.2 Å². The van der Waals surface area contributed by atoms with Crippen molar-refractivity contribution in [1.82, 2.24) is 14.4 Å². The topological polar surface area (TPSA) is 45.5 Å². The summed E-state index contributed by atoms with van der Waals surface area (Å²) in [6, 6.07) is 7.72. The molecule has 1 atom stereocenters. The highest BCUT2D eigenvalue weighted by molar-refractivity contribution is 5.93. The van der Waals surface area contributed by atoms with E-state index in [9.17, 15) is 26.3 Å². The summed E-state index contributed by atoms with van der Waals surface area (Å²) in [4.78, 5) is 10.5. The summed E-state index contributed by atoms with van der Waals surface area (Å²) < 4.78 is 83.3. The molecule has 1 saturated heterocycles. The number of nitrogens with zero attached hydrogens (tertiary/aromatic N) is 4. The average Bonchev–Trinajstić information content (AvgIpc) is 3.27. The van der Waals surface area contributed by atoms with Crippen LogP contribution in [0.1, 0.15) is 36.9 Å². The van der Waals surface area contributed by atoms with Gasteiger partial charge in [-0.1, -0.05) is 12.1 Å². The van der Waals surface area contributed by atoms with Crippen LogP contribution in [0.4, 0.5) is 37.8 Å². The van der Waals surface area contributed by atoms with Gasteiger partial charge in [0.05, 0.1) is 17.1 Å². The number of alkyl halides is 5. The summed E-state index contributed by atoms with van der Waals surface area (Å²) >= 11 is 0. The lowest BCUT2D eigenvalue weighted by atomic mass is 10.0. The Bertz CT molecular complexity index is 1390. The highest BCUT2D eigenvalue weighted by atomic mass is 19.4. The smallest absolute Gasteiger partial charge is 0.371 e. The van der Waals surface area contributed by atoms with Crippen molar-refractivity contribution in [2.24, 2.45) is 0 Å². The van der Waals surface area contributed by atoms with Crippen LogP contribution in [0.5, 0.6) is 0 Å². The number of aromatic nitrogens is 3. The van der Waals surface area contributed by atoms with Crippen molar-refractivity contribution in [2.45, 2.75) is 37.9 Å².